The molecule has 1 aliphatic heterocycles. The van der Waals surface area contributed by atoms with Gasteiger partial charge in [0.05, 0.1) is 26.1 Å². The molecular weight excluding hydrogens is 382 g/mol. The molecule has 156 valence electrons. The molecule has 0 unspecified atom stereocenters. The maximum atomic E-state index is 9.42. The first kappa shape index (κ1) is 20.0. The van der Waals surface area contributed by atoms with E-state index in [0.717, 1.165) is 35.6 Å². The average molecular weight is 407 g/mol. The van der Waals surface area contributed by atoms with Gasteiger partial charge in [0.2, 0.25) is 0 Å². The van der Waals surface area contributed by atoms with Gasteiger partial charge < -0.3 is 25.0 Å². The summed E-state index contributed by atoms with van der Waals surface area (Å²) < 4.78 is 7.34. The molecule has 0 bridgehead atoms. The topological polar surface area (TPSA) is 115 Å². The smallest absolute Gasteiger partial charge is 0.166 e. The number of hydrogen-bond donors (Lipinski definition) is 2. The Labute approximate surface area is 174 Å². The highest BCUT2D eigenvalue weighted by atomic mass is 16.5. The monoisotopic (exact) mass is 407 g/mol. The maximum absolute atomic E-state index is 9.42. The van der Waals surface area contributed by atoms with E-state index in [9.17, 15) is 5.11 Å². The molecule has 0 spiro atoms. The molecule has 9 heteroatoms. The number of benzene rings is 1. The lowest BCUT2D eigenvalue weighted by Crippen LogP contribution is -2.37. The minimum atomic E-state index is 0.00742. The van der Waals surface area contributed by atoms with E-state index in [-0.39, 0.29) is 6.61 Å². The average Bonchev–Trinajstić information content (AvgIpc) is 3.20. The fraction of sp³-hybridized carbons (Fsp3) is 0.333. The summed E-state index contributed by atoms with van der Waals surface area (Å²) in [6.07, 6.45) is 5.12. The summed E-state index contributed by atoms with van der Waals surface area (Å²) in [6, 6.07) is 7.80. The SMILES string of the molecule is CN=CC=C(N)c1cccc(-c2nc(N3CCOCC3)c3ncn(CCO)c3n2)c1. The molecule has 30 heavy (non-hydrogen) atoms. The first-order chi connectivity index (χ1) is 14.7. The van der Waals surface area contributed by atoms with E-state index in [1.807, 2.05) is 28.8 Å². The Morgan fingerprint density at radius 1 is 1.30 bits per heavy atom. The number of anilines is 1. The molecule has 2 aromatic heterocycles. The van der Waals surface area contributed by atoms with Crippen molar-refractivity contribution in [2.24, 2.45) is 10.7 Å². The number of aliphatic hydroxyl groups is 1. The summed E-state index contributed by atoms with van der Waals surface area (Å²) in [4.78, 5) is 20.3. The summed E-state index contributed by atoms with van der Waals surface area (Å²) in [5.74, 6) is 1.37. The number of aliphatic imine (C=N–C) groups is 1. The highest BCUT2D eigenvalue weighted by Crippen LogP contribution is 2.28. The van der Waals surface area contributed by atoms with Crippen LogP contribution in [0.3, 0.4) is 0 Å². The number of aliphatic hydroxyl groups excluding tert-OH is 1. The fourth-order valence-electron chi connectivity index (χ4n) is 3.41. The predicted octanol–water partition coefficient (Wildman–Crippen LogP) is 1.32. The van der Waals surface area contributed by atoms with Crippen LogP contribution in [-0.4, -0.2) is 70.8 Å². The van der Waals surface area contributed by atoms with E-state index in [1.54, 1.807) is 25.7 Å². The molecule has 3 aromatic rings. The Bertz CT molecular complexity index is 1080. The fourth-order valence-corrected chi connectivity index (χ4v) is 3.41. The van der Waals surface area contributed by atoms with Gasteiger partial charge in [-0.3, -0.25) is 4.99 Å². The van der Waals surface area contributed by atoms with Gasteiger partial charge in [0.15, 0.2) is 22.8 Å². The lowest BCUT2D eigenvalue weighted by molar-refractivity contribution is 0.122. The zero-order chi connectivity index (χ0) is 20.9. The van der Waals surface area contributed by atoms with E-state index in [0.29, 0.717) is 36.9 Å². The summed E-state index contributed by atoms with van der Waals surface area (Å²) in [7, 11) is 1.70. The van der Waals surface area contributed by atoms with Crippen LogP contribution in [0.5, 0.6) is 0 Å². The lowest BCUT2D eigenvalue weighted by atomic mass is 10.1. The van der Waals surface area contributed by atoms with Gasteiger partial charge >= 0.3 is 0 Å². The van der Waals surface area contributed by atoms with Crippen molar-refractivity contribution >= 4 is 28.9 Å². The molecule has 9 nitrogen and oxygen atoms in total. The number of fused-ring (bicyclic) bond motifs is 1. The molecule has 3 N–H and O–H groups in total. The van der Waals surface area contributed by atoms with Gasteiger partial charge in [0.1, 0.15) is 0 Å². The van der Waals surface area contributed by atoms with Gasteiger partial charge in [0.25, 0.3) is 0 Å². The van der Waals surface area contributed by atoms with Crippen LogP contribution in [0, 0.1) is 0 Å². The van der Waals surface area contributed by atoms with E-state index in [2.05, 4.69) is 14.9 Å². The predicted molar refractivity (Wildman–Crippen MR) is 117 cm³/mol. The van der Waals surface area contributed by atoms with Crippen molar-refractivity contribution in [3.8, 4) is 11.4 Å². The Morgan fingerprint density at radius 2 is 2.13 bits per heavy atom. The van der Waals surface area contributed by atoms with Crippen LogP contribution < -0.4 is 10.6 Å². The summed E-state index contributed by atoms with van der Waals surface area (Å²) in [5.41, 5.74) is 9.93. The van der Waals surface area contributed by atoms with Crippen LogP contribution in [0.25, 0.3) is 28.2 Å². The van der Waals surface area contributed by atoms with Gasteiger partial charge in [0, 0.05) is 44.2 Å². The van der Waals surface area contributed by atoms with Crippen LogP contribution in [0.2, 0.25) is 0 Å². The van der Waals surface area contributed by atoms with Crippen molar-refractivity contribution < 1.29 is 9.84 Å². The molecule has 1 aromatic carbocycles. The third kappa shape index (κ3) is 4.03. The quantitative estimate of drug-likeness (QED) is 0.592. The molecule has 1 fully saturated rings. The Kier molecular flexibility index (Phi) is 6.01. The highest BCUT2D eigenvalue weighted by Gasteiger charge is 2.21. The van der Waals surface area contributed by atoms with E-state index in [1.165, 1.54) is 0 Å². The summed E-state index contributed by atoms with van der Waals surface area (Å²) in [6.45, 7) is 3.20. The largest absolute Gasteiger partial charge is 0.398 e. The number of allylic oxidation sites excluding steroid dienone is 1. The second-order valence-corrected chi connectivity index (χ2v) is 6.91. The van der Waals surface area contributed by atoms with Crippen molar-refractivity contribution in [3.05, 3.63) is 42.2 Å². The zero-order valence-electron chi connectivity index (χ0n) is 16.9. The molecule has 0 amide bonds. The number of rotatable bonds is 6. The molecular formula is C21H25N7O2. The molecule has 0 aliphatic carbocycles. The molecule has 1 saturated heterocycles. The molecule has 0 atom stereocenters. The zero-order valence-corrected chi connectivity index (χ0v) is 16.9. The number of aromatic nitrogens is 4. The summed E-state index contributed by atoms with van der Waals surface area (Å²) in [5, 5.41) is 9.42. The lowest BCUT2D eigenvalue weighted by Gasteiger charge is -2.28. The van der Waals surface area contributed by atoms with Crippen molar-refractivity contribution in [1.82, 2.24) is 19.5 Å². The molecule has 3 heterocycles. The van der Waals surface area contributed by atoms with Crippen molar-refractivity contribution in [1.29, 1.82) is 0 Å². The molecule has 4 rings (SSSR count). The number of hydrogen-bond acceptors (Lipinski definition) is 8. The molecule has 0 radical (unpaired) electrons. The van der Waals surface area contributed by atoms with Gasteiger partial charge in [-0.15, -0.1) is 0 Å². The standard InChI is InChI=1S/C21H25N7O2/c1-23-6-5-17(22)15-3-2-4-16(13-15)19-25-20(27-8-11-30-12-9-27)18-21(26-19)28(7-10-29)14-24-18/h2-6,13-14,29H,7-12,22H2,1H3. The second-order valence-electron chi connectivity index (χ2n) is 6.91. The van der Waals surface area contributed by atoms with E-state index < -0.39 is 0 Å². The van der Waals surface area contributed by atoms with E-state index >= 15 is 0 Å². The Balaban J connectivity index is 1.83. The third-order valence-corrected chi connectivity index (χ3v) is 4.95. The normalized spacial score (nSPS) is 15.4. The summed E-state index contributed by atoms with van der Waals surface area (Å²) >= 11 is 0. The number of ether oxygens (including phenoxy) is 1. The van der Waals surface area contributed by atoms with Crippen LogP contribution in [0.4, 0.5) is 5.82 Å². The number of morpholine rings is 1. The number of nitrogens with two attached hydrogens (primary N) is 1. The van der Waals surface area contributed by atoms with Gasteiger partial charge in [-0.05, 0) is 17.7 Å². The Hall–Kier alpha value is -3.30. The van der Waals surface area contributed by atoms with Gasteiger partial charge in [-0.2, -0.15) is 0 Å². The number of nitrogens with zero attached hydrogens (tertiary/aromatic N) is 6. The van der Waals surface area contributed by atoms with Crippen LogP contribution in [-0.2, 0) is 11.3 Å². The highest BCUT2D eigenvalue weighted by molar-refractivity contribution is 5.87. The van der Waals surface area contributed by atoms with Crippen LogP contribution >= 0.6 is 0 Å². The Morgan fingerprint density at radius 3 is 2.90 bits per heavy atom. The van der Waals surface area contributed by atoms with Crippen LogP contribution in [0.1, 0.15) is 5.56 Å². The van der Waals surface area contributed by atoms with Crippen molar-refractivity contribution in [2.75, 3.05) is 44.9 Å². The third-order valence-electron chi connectivity index (χ3n) is 4.95. The first-order valence-corrected chi connectivity index (χ1v) is 9.86. The maximum Gasteiger partial charge on any atom is 0.166 e. The molecule has 1 aliphatic rings. The second kappa shape index (κ2) is 9.02. The minimum absolute atomic E-state index is 0.00742. The minimum Gasteiger partial charge on any atom is -0.398 e. The van der Waals surface area contributed by atoms with Gasteiger partial charge in [-0.1, -0.05) is 18.2 Å². The van der Waals surface area contributed by atoms with Crippen molar-refractivity contribution in [2.45, 2.75) is 6.54 Å². The van der Waals surface area contributed by atoms with Gasteiger partial charge in [-0.25, -0.2) is 15.0 Å². The first-order valence-electron chi connectivity index (χ1n) is 9.86. The van der Waals surface area contributed by atoms with Crippen molar-refractivity contribution in [3.63, 3.8) is 0 Å². The van der Waals surface area contributed by atoms with E-state index in [4.69, 9.17) is 20.4 Å². The molecule has 0 saturated carbocycles. The van der Waals surface area contributed by atoms with Crippen LogP contribution in [0.15, 0.2) is 41.7 Å². The number of imidazole rings is 1.